The van der Waals surface area contributed by atoms with Crippen molar-refractivity contribution in [1.29, 1.82) is 5.26 Å². The lowest BCUT2D eigenvalue weighted by molar-refractivity contribution is 1.07. The van der Waals surface area contributed by atoms with E-state index in [0.717, 1.165) is 71.5 Å². The number of rotatable bonds is 5. The maximum atomic E-state index is 9.61. The van der Waals surface area contributed by atoms with Gasteiger partial charge in [0, 0.05) is 51.0 Å². The van der Waals surface area contributed by atoms with Gasteiger partial charge in [0.05, 0.1) is 22.7 Å². The van der Waals surface area contributed by atoms with E-state index in [-0.39, 0.29) is 0 Å². The first-order valence-electron chi connectivity index (χ1n) is 16.3. The number of nitriles is 1. The van der Waals surface area contributed by atoms with E-state index in [1.807, 2.05) is 122 Å². The molecule has 0 aliphatic rings. The summed E-state index contributed by atoms with van der Waals surface area (Å²) in [6.07, 6.45) is 3.66. The molecule has 9 aromatic rings. The van der Waals surface area contributed by atoms with Crippen molar-refractivity contribution in [2.75, 3.05) is 0 Å². The maximum Gasteiger partial charge on any atom is 0.164 e. The summed E-state index contributed by atoms with van der Waals surface area (Å²) in [4.78, 5) is 24.6. The van der Waals surface area contributed by atoms with Crippen LogP contribution in [0.5, 0.6) is 0 Å². The Kier molecular flexibility index (Phi) is 7.07. The lowest BCUT2D eigenvalue weighted by Gasteiger charge is -2.15. The molecule has 0 fully saturated rings. The molecular weight excluding hydrogens is 613 g/mol. The summed E-state index contributed by atoms with van der Waals surface area (Å²) in [5.41, 5.74) is 9.03. The Hall–Kier alpha value is -7.10. The highest BCUT2D eigenvalue weighted by Gasteiger charge is 2.18. The van der Waals surface area contributed by atoms with E-state index in [2.05, 4.69) is 42.5 Å². The summed E-state index contributed by atoms with van der Waals surface area (Å²) in [7, 11) is 0. The molecule has 0 aliphatic carbocycles. The molecule has 0 atom stereocenters. The zero-order chi connectivity index (χ0) is 33.4. The first-order chi connectivity index (χ1) is 24.7. The van der Waals surface area contributed by atoms with E-state index in [1.165, 1.54) is 0 Å². The van der Waals surface area contributed by atoms with Crippen LogP contribution in [-0.2, 0) is 0 Å². The smallest absolute Gasteiger partial charge is 0.164 e. The molecule has 232 valence electrons. The van der Waals surface area contributed by atoms with Gasteiger partial charge in [0.25, 0.3) is 0 Å². The molecule has 6 heteroatoms. The van der Waals surface area contributed by atoms with Gasteiger partial charge in [0.15, 0.2) is 17.5 Å². The lowest BCUT2D eigenvalue weighted by Crippen LogP contribution is -2.00. The topological polar surface area (TPSA) is 88.2 Å². The number of fused-ring (bicyclic) bond motifs is 5. The van der Waals surface area contributed by atoms with Crippen molar-refractivity contribution in [3.05, 3.63) is 164 Å². The quantitative estimate of drug-likeness (QED) is 0.174. The summed E-state index contributed by atoms with van der Waals surface area (Å²) in [5.74, 6) is 1.83. The average molecular weight is 639 g/mol. The van der Waals surface area contributed by atoms with Gasteiger partial charge in [-0.3, -0.25) is 9.97 Å². The molecule has 0 N–H and O–H groups in total. The van der Waals surface area contributed by atoms with Crippen LogP contribution in [0.25, 0.3) is 89.0 Å². The number of hydrogen-bond acceptors (Lipinski definition) is 6. The van der Waals surface area contributed by atoms with Gasteiger partial charge in [0.1, 0.15) is 0 Å². The van der Waals surface area contributed by atoms with E-state index in [9.17, 15) is 5.26 Å². The molecule has 3 heterocycles. The van der Waals surface area contributed by atoms with E-state index in [4.69, 9.17) is 24.9 Å². The largest absolute Gasteiger partial charge is 0.256 e. The molecule has 0 aliphatic heterocycles. The number of nitrogens with zero attached hydrogens (tertiary/aromatic N) is 6. The minimum absolute atomic E-state index is 0.594. The highest BCUT2D eigenvalue weighted by atomic mass is 15.0. The molecule has 0 bridgehead atoms. The Balaban J connectivity index is 1.26. The Morgan fingerprint density at radius 1 is 0.380 bits per heavy atom. The molecule has 0 amide bonds. The van der Waals surface area contributed by atoms with Crippen molar-refractivity contribution in [1.82, 2.24) is 24.9 Å². The van der Waals surface area contributed by atoms with Crippen LogP contribution in [0.3, 0.4) is 0 Å². The molecule has 6 nitrogen and oxygen atoms in total. The first-order valence-corrected chi connectivity index (χ1v) is 16.3. The Labute approximate surface area is 288 Å². The third-order valence-electron chi connectivity index (χ3n) is 9.01. The predicted octanol–water partition coefficient (Wildman–Crippen LogP) is 10.3. The molecule has 0 spiro atoms. The maximum absolute atomic E-state index is 9.61. The van der Waals surface area contributed by atoms with Crippen LogP contribution in [0, 0.1) is 11.3 Å². The molecule has 0 unspecified atom stereocenters. The summed E-state index contributed by atoms with van der Waals surface area (Å²) in [5, 5.41) is 13.8. The summed E-state index contributed by atoms with van der Waals surface area (Å²) < 4.78 is 0. The van der Waals surface area contributed by atoms with Crippen molar-refractivity contribution in [2.45, 2.75) is 0 Å². The lowest BCUT2D eigenvalue weighted by atomic mass is 9.90. The number of benzene rings is 6. The van der Waals surface area contributed by atoms with Crippen LogP contribution in [0.1, 0.15) is 5.56 Å². The average Bonchev–Trinajstić information content (AvgIpc) is 3.20. The first kappa shape index (κ1) is 29.1. The van der Waals surface area contributed by atoms with Gasteiger partial charge in [-0.15, -0.1) is 0 Å². The number of aromatic nitrogens is 5. The van der Waals surface area contributed by atoms with Crippen LogP contribution in [0.15, 0.2) is 158 Å². The van der Waals surface area contributed by atoms with Crippen LogP contribution >= 0.6 is 0 Å². The molecule has 9 rings (SSSR count). The van der Waals surface area contributed by atoms with Crippen molar-refractivity contribution in [3.8, 4) is 62.5 Å². The van der Waals surface area contributed by atoms with E-state index < -0.39 is 0 Å². The Morgan fingerprint density at radius 2 is 0.840 bits per heavy atom. The fraction of sp³-hybridized carbons (Fsp3) is 0. The monoisotopic (exact) mass is 638 g/mol. The summed E-state index contributed by atoms with van der Waals surface area (Å²) >= 11 is 0. The van der Waals surface area contributed by atoms with Crippen LogP contribution < -0.4 is 0 Å². The zero-order valence-corrected chi connectivity index (χ0v) is 26.7. The van der Waals surface area contributed by atoms with Crippen molar-refractivity contribution < 1.29 is 0 Å². The molecular formula is C44H26N6. The second-order valence-electron chi connectivity index (χ2n) is 12.1. The third kappa shape index (κ3) is 5.11. The highest BCUT2D eigenvalue weighted by Crippen LogP contribution is 2.41. The van der Waals surface area contributed by atoms with Gasteiger partial charge in [0.2, 0.25) is 0 Å². The SMILES string of the molecule is N#Cc1cccc(-c2cc3c4cccnc4c(-c4cccc(-c5nc(-c6ccccc6)nc(-c6ccccc6)n5)c4)cc3c3cccnc23)c1. The third-order valence-corrected chi connectivity index (χ3v) is 9.01. The minimum Gasteiger partial charge on any atom is -0.256 e. The summed E-state index contributed by atoms with van der Waals surface area (Å²) in [6.45, 7) is 0. The Morgan fingerprint density at radius 3 is 1.38 bits per heavy atom. The second-order valence-corrected chi connectivity index (χ2v) is 12.1. The van der Waals surface area contributed by atoms with Gasteiger partial charge in [-0.2, -0.15) is 5.26 Å². The number of pyridine rings is 2. The fourth-order valence-electron chi connectivity index (χ4n) is 6.66. The van der Waals surface area contributed by atoms with Crippen molar-refractivity contribution >= 4 is 32.6 Å². The van der Waals surface area contributed by atoms with Gasteiger partial charge in [-0.05, 0) is 64.4 Å². The highest BCUT2D eigenvalue weighted by molar-refractivity contribution is 6.22. The van der Waals surface area contributed by atoms with E-state index in [0.29, 0.717) is 23.0 Å². The van der Waals surface area contributed by atoms with Crippen LogP contribution in [0.2, 0.25) is 0 Å². The minimum atomic E-state index is 0.594. The van der Waals surface area contributed by atoms with E-state index in [1.54, 1.807) is 0 Å². The van der Waals surface area contributed by atoms with Crippen molar-refractivity contribution in [2.24, 2.45) is 0 Å². The molecule has 50 heavy (non-hydrogen) atoms. The number of hydrogen-bond donors (Lipinski definition) is 0. The molecule has 0 saturated carbocycles. The Bertz CT molecular complexity index is 2710. The fourth-order valence-corrected chi connectivity index (χ4v) is 6.66. The molecule has 6 aromatic carbocycles. The predicted molar refractivity (Wildman–Crippen MR) is 200 cm³/mol. The van der Waals surface area contributed by atoms with Crippen LogP contribution in [-0.4, -0.2) is 24.9 Å². The normalized spacial score (nSPS) is 11.2. The standard InChI is InChI=1S/C44H26N6/c45-27-28-11-7-16-31(23-28)36-25-38-35-20-10-22-47-41(35)37(26-39(38)34-19-9-21-46-40(34)36)32-17-8-18-33(24-32)44-49-42(29-12-3-1-4-13-29)48-43(50-44)30-14-5-2-6-15-30/h1-26H. The second kappa shape index (κ2) is 12.2. The summed E-state index contributed by atoms with van der Waals surface area (Å²) in [6, 6.07) is 50.9. The van der Waals surface area contributed by atoms with Crippen molar-refractivity contribution in [3.63, 3.8) is 0 Å². The van der Waals surface area contributed by atoms with Gasteiger partial charge in [-0.25, -0.2) is 15.0 Å². The van der Waals surface area contributed by atoms with Gasteiger partial charge in [-0.1, -0.05) is 103 Å². The van der Waals surface area contributed by atoms with Gasteiger partial charge < -0.3 is 0 Å². The van der Waals surface area contributed by atoms with Gasteiger partial charge >= 0.3 is 0 Å². The molecule has 3 aromatic heterocycles. The zero-order valence-electron chi connectivity index (χ0n) is 26.7. The van der Waals surface area contributed by atoms with Crippen LogP contribution in [0.4, 0.5) is 0 Å². The molecule has 0 radical (unpaired) electrons. The molecule has 0 saturated heterocycles. The van der Waals surface area contributed by atoms with E-state index >= 15 is 0 Å².